The van der Waals surface area contributed by atoms with E-state index in [4.69, 9.17) is 0 Å². The van der Waals surface area contributed by atoms with E-state index in [0.29, 0.717) is 5.71 Å². The molecule has 0 bridgehead atoms. The highest BCUT2D eigenvalue weighted by Gasteiger charge is 2.31. The van der Waals surface area contributed by atoms with Crippen molar-refractivity contribution in [2.75, 3.05) is 11.9 Å². The normalized spacial score (nSPS) is 16.6. The Hall–Kier alpha value is -2.50. The molecule has 1 amide bonds. The molecule has 6 heteroatoms. The molecule has 0 aliphatic carbocycles. The van der Waals surface area contributed by atoms with Crippen LogP contribution in [0.4, 0.5) is 5.69 Å². The topological polar surface area (TPSA) is 63.4 Å². The molecule has 0 N–H and O–H groups in total. The molecule has 2 heterocycles. The van der Waals surface area contributed by atoms with Gasteiger partial charge in [-0.05, 0) is 6.07 Å². The fourth-order valence-corrected chi connectivity index (χ4v) is 1.81. The van der Waals surface area contributed by atoms with Gasteiger partial charge in [-0.2, -0.15) is 5.10 Å². The van der Waals surface area contributed by atoms with Gasteiger partial charge in [0.05, 0.1) is 5.69 Å². The molecule has 6 nitrogen and oxygen atoms in total. The third-order valence-corrected chi connectivity index (χ3v) is 2.65. The van der Waals surface area contributed by atoms with Gasteiger partial charge in [-0.3, -0.25) is 4.79 Å². The minimum Gasteiger partial charge on any atom is -0.309 e. The molecule has 1 aliphatic rings. The van der Waals surface area contributed by atoms with Crippen molar-refractivity contribution in [2.24, 2.45) is 5.10 Å². The number of carbonyl (C=O) groups excluding carboxylic acids is 1. The highest BCUT2D eigenvalue weighted by Crippen LogP contribution is 2.27. The Morgan fingerprint density at radius 3 is 2.65 bits per heavy atom. The van der Waals surface area contributed by atoms with E-state index >= 15 is 0 Å². The summed E-state index contributed by atoms with van der Waals surface area (Å²) < 4.78 is 1.42. The summed E-state index contributed by atoms with van der Waals surface area (Å²) in [4.78, 5) is 13.6. The predicted molar refractivity (Wildman–Crippen MR) is 61.8 cm³/mol. The molecule has 0 saturated heterocycles. The molecule has 2 aromatic rings. The van der Waals surface area contributed by atoms with Gasteiger partial charge in [0.2, 0.25) is 0 Å². The zero-order chi connectivity index (χ0) is 11.8. The molecule has 3 rings (SSSR count). The smallest absolute Gasteiger partial charge is 0.279 e. The molecular formula is C11H9N5O. The maximum absolute atomic E-state index is 12.0. The van der Waals surface area contributed by atoms with E-state index in [1.165, 1.54) is 17.3 Å². The van der Waals surface area contributed by atoms with E-state index in [1.54, 1.807) is 11.9 Å². The van der Waals surface area contributed by atoms with Gasteiger partial charge in [-0.15, -0.1) is 10.2 Å². The SMILES string of the molecule is CN1C(=O)/C(=N\n2cnnc2)c2ccccc21. The Morgan fingerprint density at radius 1 is 1.18 bits per heavy atom. The first kappa shape index (κ1) is 9.71. The lowest BCUT2D eigenvalue weighted by molar-refractivity contribution is -0.112. The second kappa shape index (κ2) is 3.51. The zero-order valence-electron chi connectivity index (χ0n) is 9.11. The second-order valence-corrected chi connectivity index (χ2v) is 3.67. The highest BCUT2D eigenvalue weighted by molar-refractivity contribution is 6.54. The number of amides is 1. The van der Waals surface area contributed by atoms with Crippen molar-refractivity contribution >= 4 is 17.3 Å². The number of carbonyl (C=O) groups is 1. The van der Waals surface area contributed by atoms with Crippen LogP contribution in [0, 0.1) is 0 Å². The fourth-order valence-electron chi connectivity index (χ4n) is 1.81. The Labute approximate surface area is 97.2 Å². The average molecular weight is 227 g/mol. The number of aromatic nitrogens is 3. The molecule has 1 aromatic heterocycles. The summed E-state index contributed by atoms with van der Waals surface area (Å²) in [5, 5.41) is 11.5. The second-order valence-electron chi connectivity index (χ2n) is 3.67. The highest BCUT2D eigenvalue weighted by atomic mass is 16.2. The third-order valence-electron chi connectivity index (χ3n) is 2.65. The van der Waals surface area contributed by atoms with Gasteiger partial charge in [-0.25, -0.2) is 4.68 Å². The quantitative estimate of drug-likeness (QED) is 0.713. The fraction of sp³-hybridized carbons (Fsp3) is 0.0909. The van der Waals surface area contributed by atoms with Gasteiger partial charge in [0.1, 0.15) is 12.7 Å². The minimum atomic E-state index is -0.125. The lowest BCUT2D eigenvalue weighted by atomic mass is 10.1. The summed E-state index contributed by atoms with van der Waals surface area (Å²) in [5.41, 5.74) is 2.10. The zero-order valence-corrected chi connectivity index (χ0v) is 9.11. The minimum absolute atomic E-state index is 0.125. The number of fused-ring (bicyclic) bond motifs is 1. The first-order chi connectivity index (χ1) is 8.27. The van der Waals surface area contributed by atoms with E-state index < -0.39 is 0 Å². The van der Waals surface area contributed by atoms with Crippen molar-refractivity contribution in [2.45, 2.75) is 0 Å². The monoisotopic (exact) mass is 227 g/mol. The Bertz CT molecular complexity index is 602. The summed E-state index contributed by atoms with van der Waals surface area (Å²) in [7, 11) is 1.73. The standard InChI is InChI=1S/C11H9N5O/c1-15-9-5-3-2-4-8(9)10(11(15)17)14-16-6-12-13-7-16/h2-7H,1H3/b14-10-. The Balaban J connectivity index is 2.16. The summed E-state index contributed by atoms with van der Waals surface area (Å²) in [6.45, 7) is 0. The van der Waals surface area contributed by atoms with Crippen LogP contribution < -0.4 is 4.90 Å². The van der Waals surface area contributed by atoms with Crippen LogP contribution in [0.3, 0.4) is 0 Å². The first-order valence-corrected chi connectivity index (χ1v) is 5.08. The van der Waals surface area contributed by atoms with Gasteiger partial charge in [0.15, 0.2) is 5.71 Å². The van der Waals surface area contributed by atoms with Crippen molar-refractivity contribution < 1.29 is 4.79 Å². The number of hydrogen-bond acceptors (Lipinski definition) is 4. The summed E-state index contributed by atoms with van der Waals surface area (Å²) in [5.74, 6) is -0.125. The van der Waals surface area contributed by atoms with E-state index in [-0.39, 0.29) is 5.91 Å². The number of rotatable bonds is 1. The maximum Gasteiger partial charge on any atom is 0.279 e. The van der Waals surface area contributed by atoms with E-state index in [1.807, 2.05) is 24.3 Å². The molecule has 1 aliphatic heterocycles. The van der Waals surface area contributed by atoms with Gasteiger partial charge in [0.25, 0.3) is 5.91 Å². The molecule has 0 saturated carbocycles. The number of likely N-dealkylation sites (N-methyl/N-ethyl adjacent to an activating group) is 1. The summed E-state index contributed by atoms with van der Waals surface area (Å²) in [6.07, 6.45) is 2.89. The number of hydrogen-bond donors (Lipinski definition) is 0. The van der Waals surface area contributed by atoms with Crippen molar-refractivity contribution in [3.05, 3.63) is 42.5 Å². The van der Waals surface area contributed by atoms with Crippen LogP contribution >= 0.6 is 0 Å². The van der Waals surface area contributed by atoms with E-state index in [2.05, 4.69) is 15.3 Å². The first-order valence-electron chi connectivity index (χ1n) is 5.08. The molecule has 0 spiro atoms. The van der Waals surface area contributed by atoms with Crippen molar-refractivity contribution in [1.82, 2.24) is 14.9 Å². The number of anilines is 1. The molecule has 17 heavy (non-hydrogen) atoms. The van der Waals surface area contributed by atoms with Crippen LogP contribution in [0.15, 0.2) is 42.0 Å². The lowest BCUT2D eigenvalue weighted by Crippen LogP contribution is -2.26. The van der Waals surface area contributed by atoms with Crippen LogP contribution in [-0.2, 0) is 4.79 Å². The van der Waals surface area contributed by atoms with Crippen molar-refractivity contribution in [3.8, 4) is 0 Å². The maximum atomic E-state index is 12.0. The molecule has 0 fully saturated rings. The van der Waals surface area contributed by atoms with Crippen LogP contribution in [0.1, 0.15) is 5.56 Å². The van der Waals surface area contributed by atoms with Gasteiger partial charge in [0, 0.05) is 12.6 Å². The number of benzene rings is 1. The average Bonchev–Trinajstić information content (AvgIpc) is 2.94. The molecule has 0 unspecified atom stereocenters. The molecule has 0 radical (unpaired) electrons. The molecule has 84 valence electrons. The molecular weight excluding hydrogens is 218 g/mol. The predicted octanol–water partition coefficient (Wildman–Crippen LogP) is 0.507. The van der Waals surface area contributed by atoms with Crippen LogP contribution in [-0.4, -0.2) is 33.5 Å². The summed E-state index contributed by atoms with van der Waals surface area (Å²) in [6, 6.07) is 7.54. The Kier molecular flexibility index (Phi) is 2.01. The molecule has 0 atom stereocenters. The van der Waals surface area contributed by atoms with Crippen LogP contribution in [0.25, 0.3) is 0 Å². The largest absolute Gasteiger partial charge is 0.309 e. The summed E-state index contributed by atoms with van der Waals surface area (Å²) >= 11 is 0. The molecule has 1 aromatic carbocycles. The van der Waals surface area contributed by atoms with E-state index in [0.717, 1.165) is 11.3 Å². The number of para-hydroxylation sites is 1. The van der Waals surface area contributed by atoms with Crippen LogP contribution in [0.2, 0.25) is 0 Å². The van der Waals surface area contributed by atoms with Gasteiger partial charge >= 0.3 is 0 Å². The number of nitrogens with zero attached hydrogens (tertiary/aromatic N) is 5. The van der Waals surface area contributed by atoms with Gasteiger partial charge < -0.3 is 4.90 Å². The third kappa shape index (κ3) is 1.42. The lowest BCUT2D eigenvalue weighted by Gasteiger charge is -2.07. The Morgan fingerprint density at radius 2 is 1.88 bits per heavy atom. The van der Waals surface area contributed by atoms with E-state index in [9.17, 15) is 4.79 Å². The van der Waals surface area contributed by atoms with Gasteiger partial charge in [-0.1, -0.05) is 18.2 Å². The van der Waals surface area contributed by atoms with Crippen LogP contribution in [0.5, 0.6) is 0 Å². The van der Waals surface area contributed by atoms with Crippen molar-refractivity contribution in [3.63, 3.8) is 0 Å². The van der Waals surface area contributed by atoms with Crippen molar-refractivity contribution in [1.29, 1.82) is 0 Å².